The summed E-state index contributed by atoms with van der Waals surface area (Å²) < 4.78 is 68.5. The molecule has 0 aromatic carbocycles. The Labute approximate surface area is 575 Å². The fourth-order valence-electron chi connectivity index (χ4n) is 11.5. The third-order valence-corrected chi connectivity index (χ3v) is 19.4. The molecule has 0 saturated heterocycles. The number of aliphatic hydroxyl groups is 1. The maximum Gasteiger partial charge on any atom is 0.472 e. The molecule has 0 aromatic heterocycles. The minimum absolute atomic E-state index is 0.107. The van der Waals surface area contributed by atoms with Gasteiger partial charge in [-0.1, -0.05) is 343 Å². The van der Waals surface area contributed by atoms with Crippen LogP contribution in [0.4, 0.5) is 0 Å². The number of phosphoric acid groups is 2. The Morgan fingerprint density at radius 1 is 0.287 bits per heavy atom. The number of phosphoric ester groups is 2. The van der Waals surface area contributed by atoms with E-state index in [1.807, 2.05) is 0 Å². The van der Waals surface area contributed by atoms with Crippen molar-refractivity contribution < 1.29 is 80.2 Å². The molecular formula is C75H146O17P2. The average Bonchev–Trinajstić information content (AvgIpc) is 1.51. The Morgan fingerprint density at radius 3 is 0.723 bits per heavy atom. The van der Waals surface area contributed by atoms with Crippen LogP contribution in [0.1, 0.15) is 394 Å². The van der Waals surface area contributed by atoms with E-state index in [1.165, 1.54) is 212 Å². The van der Waals surface area contributed by atoms with Crippen molar-refractivity contribution in [2.24, 2.45) is 5.92 Å². The first-order valence-corrected chi connectivity index (χ1v) is 42.1. The molecule has 94 heavy (non-hydrogen) atoms. The highest BCUT2D eigenvalue weighted by Gasteiger charge is 2.30. The van der Waals surface area contributed by atoms with Crippen LogP contribution in [0, 0.1) is 5.92 Å². The molecule has 558 valence electrons. The standard InChI is InChI=1S/C75H146O17P2/c1-6-9-12-15-18-21-24-27-29-30-31-34-37-40-45-51-56-61-75(80)91-70(64-85-72(77)58-53-48-43-38-35-33-28-25-22-19-16-13-10-7-2)66-89-93(81,82)87-62-69(76)63-88-94(83,84)90-67-71(65-86-73(78)59-54-49-46-41-42-47-52-57-68(4)5)92-74(79)60-55-50-44-39-36-32-26-23-20-17-14-11-8-3/h68-71,76H,6-67H2,1-5H3,(H,81,82)(H,83,84)/t69-,70-,71-/m1/s1. The zero-order chi connectivity index (χ0) is 69.1. The molecule has 2 unspecified atom stereocenters. The van der Waals surface area contributed by atoms with E-state index in [9.17, 15) is 43.2 Å². The fraction of sp³-hybridized carbons (Fsp3) is 0.947. The first-order valence-electron chi connectivity index (χ1n) is 39.1. The number of hydrogen-bond donors (Lipinski definition) is 3. The molecule has 3 N–H and O–H groups in total. The zero-order valence-corrected chi connectivity index (χ0v) is 62.9. The molecule has 0 spiro atoms. The predicted molar refractivity (Wildman–Crippen MR) is 382 cm³/mol. The van der Waals surface area contributed by atoms with Crippen LogP contribution >= 0.6 is 15.6 Å². The molecule has 19 heteroatoms. The van der Waals surface area contributed by atoms with Gasteiger partial charge in [0.05, 0.1) is 26.4 Å². The number of carbonyl (C=O) groups is 4. The van der Waals surface area contributed by atoms with Gasteiger partial charge in [-0.25, -0.2) is 9.13 Å². The summed E-state index contributed by atoms with van der Waals surface area (Å²) in [5, 5.41) is 10.6. The summed E-state index contributed by atoms with van der Waals surface area (Å²) in [5.74, 6) is -1.41. The lowest BCUT2D eigenvalue weighted by atomic mass is 10.0. The first kappa shape index (κ1) is 92.1. The van der Waals surface area contributed by atoms with Crippen molar-refractivity contribution >= 4 is 39.5 Å². The van der Waals surface area contributed by atoms with Crippen LogP contribution in [0.3, 0.4) is 0 Å². The molecular weight excluding hydrogens is 1230 g/mol. The lowest BCUT2D eigenvalue weighted by molar-refractivity contribution is -0.161. The average molecular weight is 1380 g/mol. The van der Waals surface area contributed by atoms with Crippen molar-refractivity contribution in [2.45, 2.75) is 412 Å². The van der Waals surface area contributed by atoms with E-state index in [0.29, 0.717) is 31.6 Å². The summed E-state index contributed by atoms with van der Waals surface area (Å²) in [5.41, 5.74) is 0. The lowest BCUT2D eigenvalue weighted by Crippen LogP contribution is -2.30. The SMILES string of the molecule is CCCCCCCCCCCCCCCCCCCC(=O)O[C@H](COC(=O)CCCCCCCCCCCCCCCC)COP(=O)(O)OC[C@@H](O)COP(=O)(O)OC[C@@H](COC(=O)CCCCCCCCCC(C)C)OC(=O)CCCCCCCCCCCCCCC. The summed E-state index contributed by atoms with van der Waals surface area (Å²) >= 11 is 0. The number of carbonyl (C=O) groups excluding carboxylic acids is 4. The van der Waals surface area contributed by atoms with E-state index in [0.717, 1.165) is 96.3 Å². The minimum Gasteiger partial charge on any atom is -0.462 e. The molecule has 0 heterocycles. The predicted octanol–water partition coefficient (Wildman–Crippen LogP) is 22.1. The van der Waals surface area contributed by atoms with Crippen LogP contribution in [0.2, 0.25) is 0 Å². The number of ether oxygens (including phenoxy) is 4. The van der Waals surface area contributed by atoms with E-state index in [-0.39, 0.29) is 25.7 Å². The molecule has 0 radical (unpaired) electrons. The Kier molecular flexibility index (Phi) is 66.8. The van der Waals surface area contributed by atoms with Gasteiger partial charge in [0, 0.05) is 25.7 Å². The maximum atomic E-state index is 13.1. The van der Waals surface area contributed by atoms with E-state index < -0.39 is 97.5 Å². The minimum atomic E-state index is -4.96. The molecule has 5 atom stereocenters. The highest BCUT2D eigenvalue weighted by atomic mass is 31.2. The van der Waals surface area contributed by atoms with Gasteiger partial charge in [-0.05, 0) is 31.6 Å². The van der Waals surface area contributed by atoms with Crippen LogP contribution < -0.4 is 0 Å². The molecule has 0 aromatic rings. The lowest BCUT2D eigenvalue weighted by Gasteiger charge is -2.21. The summed E-state index contributed by atoms with van der Waals surface area (Å²) in [4.78, 5) is 72.8. The second-order valence-electron chi connectivity index (χ2n) is 27.5. The number of rotatable bonds is 75. The van der Waals surface area contributed by atoms with Gasteiger partial charge < -0.3 is 33.8 Å². The van der Waals surface area contributed by atoms with Crippen molar-refractivity contribution in [3.63, 3.8) is 0 Å². The van der Waals surface area contributed by atoms with Gasteiger partial charge in [-0.15, -0.1) is 0 Å². The maximum absolute atomic E-state index is 13.1. The summed E-state index contributed by atoms with van der Waals surface area (Å²) in [7, 11) is -9.91. The van der Waals surface area contributed by atoms with Crippen molar-refractivity contribution in [3.8, 4) is 0 Å². The van der Waals surface area contributed by atoms with Crippen molar-refractivity contribution in [1.29, 1.82) is 0 Å². The van der Waals surface area contributed by atoms with Gasteiger partial charge in [0.1, 0.15) is 19.3 Å². The quantitative estimate of drug-likeness (QED) is 0.0222. The highest BCUT2D eigenvalue weighted by molar-refractivity contribution is 7.47. The third-order valence-electron chi connectivity index (χ3n) is 17.5. The van der Waals surface area contributed by atoms with E-state index in [2.05, 4.69) is 34.6 Å². The Bertz CT molecular complexity index is 1810. The molecule has 0 bridgehead atoms. The van der Waals surface area contributed by atoms with Gasteiger partial charge in [0.25, 0.3) is 0 Å². The second kappa shape index (κ2) is 68.2. The first-order chi connectivity index (χ1) is 45.5. The molecule has 0 amide bonds. The summed E-state index contributed by atoms with van der Waals surface area (Å²) in [6, 6.07) is 0. The molecule has 0 aliphatic carbocycles. The number of hydrogen-bond acceptors (Lipinski definition) is 15. The fourth-order valence-corrected chi connectivity index (χ4v) is 13.1. The number of unbranched alkanes of at least 4 members (excludes halogenated alkanes) is 47. The molecule has 0 saturated carbocycles. The Morgan fingerprint density at radius 2 is 0.489 bits per heavy atom. The molecule has 0 aliphatic heterocycles. The van der Waals surface area contributed by atoms with Crippen molar-refractivity contribution in [1.82, 2.24) is 0 Å². The van der Waals surface area contributed by atoms with Crippen LogP contribution in [-0.4, -0.2) is 96.7 Å². The molecule has 0 aliphatic rings. The molecule has 0 rings (SSSR count). The van der Waals surface area contributed by atoms with Crippen LogP contribution in [0.15, 0.2) is 0 Å². The van der Waals surface area contributed by atoms with Crippen LogP contribution in [0.25, 0.3) is 0 Å². The third kappa shape index (κ3) is 68.6. The highest BCUT2D eigenvalue weighted by Crippen LogP contribution is 2.45. The summed E-state index contributed by atoms with van der Waals surface area (Å²) in [6.45, 7) is 7.24. The van der Waals surface area contributed by atoms with Gasteiger partial charge >= 0.3 is 39.5 Å². The topological polar surface area (TPSA) is 237 Å². The summed E-state index contributed by atoms with van der Waals surface area (Å²) in [6.07, 6.45) is 56.8. The monoisotopic (exact) mass is 1380 g/mol. The normalized spacial score (nSPS) is 14.0. The zero-order valence-electron chi connectivity index (χ0n) is 61.1. The number of esters is 4. The smallest absolute Gasteiger partial charge is 0.462 e. The van der Waals surface area contributed by atoms with Gasteiger partial charge in [0.15, 0.2) is 12.2 Å². The van der Waals surface area contributed by atoms with Gasteiger partial charge in [-0.2, -0.15) is 0 Å². The van der Waals surface area contributed by atoms with E-state index >= 15 is 0 Å². The van der Waals surface area contributed by atoms with Gasteiger partial charge in [0.2, 0.25) is 0 Å². The molecule has 17 nitrogen and oxygen atoms in total. The Balaban J connectivity index is 5.24. The number of aliphatic hydroxyl groups excluding tert-OH is 1. The van der Waals surface area contributed by atoms with Gasteiger partial charge in [-0.3, -0.25) is 37.3 Å². The van der Waals surface area contributed by atoms with Crippen molar-refractivity contribution in [2.75, 3.05) is 39.6 Å². The van der Waals surface area contributed by atoms with Crippen molar-refractivity contribution in [3.05, 3.63) is 0 Å². The molecule has 0 fully saturated rings. The second-order valence-corrected chi connectivity index (χ2v) is 30.4. The van der Waals surface area contributed by atoms with E-state index in [4.69, 9.17) is 37.0 Å². The van der Waals surface area contributed by atoms with Crippen LogP contribution in [0.5, 0.6) is 0 Å². The Hall–Kier alpha value is -1.94. The van der Waals surface area contributed by atoms with E-state index in [1.54, 1.807) is 0 Å². The largest absolute Gasteiger partial charge is 0.472 e. The van der Waals surface area contributed by atoms with Crippen LogP contribution in [-0.2, 0) is 65.4 Å².